The minimum atomic E-state index is -3.94. The van der Waals surface area contributed by atoms with Gasteiger partial charge in [-0.25, -0.2) is 4.39 Å². The van der Waals surface area contributed by atoms with Gasteiger partial charge in [0.25, 0.3) is 10.0 Å². The highest BCUT2D eigenvalue weighted by atomic mass is 32.2. The van der Waals surface area contributed by atoms with Gasteiger partial charge in [0.2, 0.25) is 0 Å². The molecule has 5 nitrogen and oxygen atoms in total. The highest BCUT2D eigenvalue weighted by Gasteiger charge is 2.39. The Morgan fingerprint density at radius 3 is 2.42 bits per heavy atom. The molecule has 1 aliphatic rings. The number of furan rings is 1. The minimum Gasteiger partial charge on any atom is -0.463 e. The monoisotopic (exact) mass is 370 g/mol. The third-order valence-electron chi connectivity index (χ3n) is 4.23. The summed E-state index contributed by atoms with van der Waals surface area (Å²) in [6, 6.07) is 16.8. The normalized spacial score (nSPS) is 17.3. The largest absolute Gasteiger partial charge is 0.463 e. The Morgan fingerprint density at radius 2 is 1.73 bits per heavy atom. The summed E-state index contributed by atoms with van der Waals surface area (Å²) in [4.78, 5) is 0.103. The lowest BCUT2D eigenvalue weighted by atomic mass is 10.0. The van der Waals surface area contributed by atoms with Crippen LogP contribution in [0.5, 0.6) is 0 Å². The molecule has 26 heavy (non-hydrogen) atoms. The first kappa shape index (κ1) is 16.5. The van der Waals surface area contributed by atoms with Crippen molar-refractivity contribution < 1.29 is 17.2 Å². The van der Waals surface area contributed by atoms with E-state index in [1.807, 2.05) is 0 Å². The third-order valence-corrected chi connectivity index (χ3v) is 5.93. The molecule has 7 heteroatoms. The summed E-state index contributed by atoms with van der Waals surface area (Å²) in [7, 11) is -3.94. The number of hydrogen-bond donors (Lipinski definition) is 0. The summed E-state index contributed by atoms with van der Waals surface area (Å²) in [5.41, 5.74) is 0.736. The summed E-state index contributed by atoms with van der Waals surface area (Å²) >= 11 is 0. The standard InChI is InChI=1S/C19H15FN2O3S/c20-16-10-5-4-9-15(16)18-13-17(19-11-6-12-25-19)21-22(18)26(23,24)14-7-2-1-3-8-14/h1-12,18H,13H2. The van der Waals surface area contributed by atoms with Crippen molar-refractivity contribution in [2.24, 2.45) is 5.10 Å². The molecule has 0 aliphatic carbocycles. The lowest BCUT2D eigenvalue weighted by Crippen LogP contribution is -2.27. The molecule has 0 spiro atoms. The molecule has 1 aliphatic heterocycles. The van der Waals surface area contributed by atoms with E-state index < -0.39 is 21.9 Å². The molecule has 132 valence electrons. The van der Waals surface area contributed by atoms with Gasteiger partial charge in [-0.1, -0.05) is 36.4 Å². The summed E-state index contributed by atoms with van der Waals surface area (Å²) in [6.45, 7) is 0. The molecule has 1 unspecified atom stereocenters. The quantitative estimate of drug-likeness (QED) is 0.698. The van der Waals surface area contributed by atoms with E-state index in [2.05, 4.69) is 5.10 Å². The molecule has 0 N–H and O–H groups in total. The summed E-state index contributed by atoms with van der Waals surface area (Å²) in [5, 5.41) is 4.28. The first-order valence-corrected chi connectivity index (χ1v) is 9.46. The number of nitrogens with zero attached hydrogens (tertiary/aromatic N) is 2. The van der Waals surface area contributed by atoms with Crippen LogP contribution in [0.3, 0.4) is 0 Å². The number of rotatable bonds is 4. The van der Waals surface area contributed by atoms with Crippen molar-refractivity contribution in [3.63, 3.8) is 0 Å². The molecule has 0 fully saturated rings. The molecule has 1 aromatic heterocycles. The topological polar surface area (TPSA) is 62.9 Å². The molecular weight excluding hydrogens is 355 g/mol. The van der Waals surface area contributed by atoms with Gasteiger partial charge in [0.1, 0.15) is 17.3 Å². The van der Waals surface area contributed by atoms with E-state index in [-0.39, 0.29) is 16.9 Å². The van der Waals surface area contributed by atoms with Crippen molar-refractivity contribution >= 4 is 15.7 Å². The predicted octanol–water partition coefficient (Wildman–Crippen LogP) is 3.96. The van der Waals surface area contributed by atoms with Gasteiger partial charge in [0, 0.05) is 12.0 Å². The smallest absolute Gasteiger partial charge is 0.279 e. The van der Waals surface area contributed by atoms with E-state index in [0.29, 0.717) is 11.5 Å². The van der Waals surface area contributed by atoms with E-state index >= 15 is 0 Å². The van der Waals surface area contributed by atoms with E-state index in [9.17, 15) is 12.8 Å². The fourth-order valence-electron chi connectivity index (χ4n) is 2.98. The van der Waals surface area contributed by atoms with Crippen LogP contribution in [0.2, 0.25) is 0 Å². The fraction of sp³-hybridized carbons (Fsp3) is 0.105. The maximum absolute atomic E-state index is 14.4. The first-order valence-electron chi connectivity index (χ1n) is 8.02. The van der Waals surface area contributed by atoms with Crippen LogP contribution >= 0.6 is 0 Å². The van der Waals surface area contributed by atoms with Gasteiger partial charge in [-0.2, -0.15) is 17.9 Å². The lowest BCUT2D eigenvalue weighted by molar-refractivity contribution is 0.362. The molecule has 2 heterocycles. The van der Waals surface area contributed by atoms with Crippen molar-refractivity contribution in [2.75, 3.05) is 0 Å². The Hall–Kier alpha value is -2.93. The van der Waals surface area contributed by atoms with Crippen LogP contribution in [0.15, 0.2) is 87.4 Å². The summed E-state index contributed by atoms with van der Waals surface area (Å²) in [6.07, 6.45) is 1.71. The average molecular weight is 370 g/mol. The van der Waals surface area contributed by atoms with Gasteiger partial charge >= 0.3 is 0 Å². The van der Waals surface area contributed by atoms with Crippen LogP contribution in [-0.4, -0.2) is 18.5 Å². The molecule has 0 amide bonds. The highest BCUT2D eigenvalue weighted by molar-refractivity contribution is 7.89. The number of hydrogen-bond acceptors (Lipinski definition) is 4. The predicted molar refractivity (Wildman–Crippen MR) is 94.5 cm³/mol. The van der Waals surface area contributed by atoms with Gasteiger partial charge in [0.05, 0.1) is 17.2 Å². The summed E-state index contributed by atoms with van der Waals surface area (Å²) < 4.78 is 46.9. The molecule has 1 atom stereocenters. The van der Waals surface area contributed by atoms with Gasteiger partial charge < -0.3 is 4.42 Å². The maximum atomic E-state index is 14.4. The molecule has 0 bridgehead atoms. The van der Waals surface area contributed by atoms with E-state index in [0.717, 1.165) is 4.41 Å². The Morgan fingerprint density at radius 1 is 1.00 bits per heavy atom. The zero-order valence-corrected chi connectivity index (χ0v) is 14.4. The lowest BCUT2D eigenvalue weighted by Gasteiger charge is -2.23. The van der Waals surface area contributed by atoms with Crippen LogP contribution in [0.1, 0.15) is 23.8 Å². The SMILES string of the molecule is O=S(=O)(c1ccccc1)N1N=C(c2ccco2)CC1c1ccccc1F. The minimum absolute atomic E-state index is 0.103. The highest BCUT2D eigenvalue weighted by Crippen LogP contribution is 2.38. The van der Waals surface area contributed by atoms with E-state index in [1.54, 1.807) is 48.5 Å². The molecule has 3 aromatic rings. The Labute approximate surface area is 150 Å². The van der Waals surface area contributed by atoms with Gasteiger partial charge in [-0.05, 0) is 30.3 Å². The van der Waals surface area contributed by atoms with Gasteiger partial charge in [0.15, 0.2) is 0 Å². The van der Waals surface area contributed by atoms with Crippen molar-refractivity contribution in [1.29, 1.82) is 0 Å². The second-order valence-electron chi connectivity index (χ2n) is 5.86. The molecule has 0 saturated heterocycles. The van der Waals surface area contributed by atoms with Crippen LogP contribution in [-0.2, 0) is 10.0 Å². The zero-order valence-electron chi connectivity index (χ0n) is 13.6. The fourth-order valence-corrected chi connectivity index (χ4v) is 4.43. The van der Waals surface area contributed by atoms with E-state index in [4.69, 9.17) is 4.42 Å². The van der Waals surface area contributed by atoms with E-state index in [1.165, 1.54) is 24.5 Å². The molecule has 2 aromatic carbocycles. The van der Waals surface area contributed by atoms with Crippen LogP contribution in [0.25, 0.3) is 0 Å². The van der Waals surface area contributed by atoms with Crippen LogP contribution in [0, 0.1) is 5.82 Å². The zero-order chi connectivity index (χ0) is 18.1. The molecule has 0 radical (unpaired) electrons. The number of halogens is 1. The number of sulfonamides is 1. The van der Waals surface area contributed by atoms with Crippen LogP contribution in [0.4, 0.5) is 4.39 Å². The van der Waals surface area contributed by atoms with Gasteiger partial charge in [-0.15, -0.1) is 0 Å². The third kappa shape index (κ3) is 2.80. The second-order valence-corrected chi connectivity index (χ2v) is 7.65. The average Bonchev–Trinajstić information content (AvgIpc) is 3.33. The molecule has 4 rings (SSSR count). The number of hydrazone groups is 1. The molecular formula is C19H15FN2O3S. The number of benzene rings is 2. The van der Waals surface area contributed by atoms with Crippen LogP contribution < -0.4 is 0 Å². The van der Waals surface area contributed by atoms with Crippen molar-refractivity contribution in [3.05, 3.63) is 90.1 Å². The Balaban J connectivity index is 1.83. The maximum Gasteiger partial charge on any atom is 0.279 e. The second kappa shape index (κ2) is 6.42. The Bertz CT molecular complexity index is 1050. The van der Waals surface area contributed by atoms with Crippen molar-refractivity contribution in [1.82, 2.24) is 4.41 Å². The first-order chi connectivity index (χ1) is 12.6. The Kier molecular flexibility index (Phi) is 4.08. The van der Waals surface area contributed by atoms with Gasteiger partial charge in [-0.3, -0.25) is 0 Å². The molecule has 0 saturated carbocycles. The van der Waals surface area contributed by atoms with Crippen molar-refractivity contribution in [3.8, 4) is 0 Å². The summed E-state index contributed by atoms with van der Waals surface area (Å²) in [5.74, 6) is -0.00115. The van der Waals surface area contributed by atoms with Crippen molar-refractivity contribution in [2.45, 2.75) is 17.4 Å².